The molecule has 1 N–H and O–H groups in total. The highest BCUT2D eigenvalue weighted by Gasteiger charge is 1.96. The molecule has 0 atom stereocenters. The number of halogens is 1. The van der Waals surface area contributed by atoms with Gasteiger partial charge in [-0.05, 0) is 31.1 Å². The van der Waals surface area contributed by atoms with Crippen LogP contribution >= 0.6 is 15.9 Å². The largest absolute Gasteiger partial charge is 0.382 e. The van der Waals surface area contributed by atoms with Crippen molar-refractivity contribution in [3.8, 4) is 0 Å². The summed E-state index contributed by atoms with van der Waals surface area (Å²) in [5.74, 6) is -0.0812. The number of rotatable bonds is 7. The summed E-state index contributed by atoms with van der Waals surface area (Å²) in [7, 11) is 0. The summed E-state index contributed by atoms with van der Waals surface area (Å²) in [5, 5.41) is 2.81. The van der Waals surface area contributed by atoms with E-state index in [2.05, 4.69) is 21.2 Å². The zero-order chi connectivity index (χ0) is 13.2. The van der Waals surface area contributed by atoms with Crippen LogP contribution in [0.4, 0.5) is 0 Å². The molecule has 0 aliphatic rings. The van der Waals surface area contributed by atoms with Crippen molar-refractivity contribution in [2.24, 2.45) is 0 Å². The minimum absolute atomic E-state index is 0.0812. The molecule has 98 valence electrons. The Kier molecular flexibility index (Phi) is 7.37. The number of carbonyl (C=O) groups is 1. The summed E-state index contributed by atoms with van der Waals surface area (Å²) in [6, 6.07) is 7.77. The smallest absolute Gasteiger partial charge is 0.244 e. The van der Waals surface area contributed by atoms with Crippen LogP contribution in [-0.2, 0) is 9.53 Å². The first-order valence-electron chi connectivity index (χ1n) is 6.02. The van der Waals surface area contributed by atoms with Gasteiger partial charge in [-0.1, -0.05) is 34.1 Å². The summed E-state index contributed by atoms with van der Waals surface area (Å²) in [6.07, 6.45) is 4.17. The van der Waals surface area contributed by atoms with Crippen LogP contribution in [0.15, 0.2) is 34.8 Å². The van der Waals surface area contributed by atoms with Gasteiger partial charge in [0.15, 0.2) is 0 Å². The molecule has 0 aliphatic carbocycles. The molecule has 0 saturated heterocycles. The van der Waals surface area contributed by atoms with Gasteiger partial charge in [-0.25, -0.2) is 0 Å². The third kappa shape index (κ3) is 5.98. The Balaban J connectivity index is 2.30. The average Bonchev–Trinajstić information content (AvgIpc) is 2.37. The van der Waals surface area contributed by atoms with Gasteiger partial charge in [-0.3, -0.25) is 4.79 Å². The molecule has 0 fully saturated rings. The summed E-state index contributed by atoms with van der Waals surface area (Å²) < 4.78 is 6.16. The summed E-state index contributed by atoms with van der Waals surface area (Å²) in [6.45, 7) is 4.00. The maximum absolute atomic E-state index is 11.5. The first-order valence-corrected chi connectivity index (χ1v) is 6.81. The van der Waals surface area contributed by atoms with Crippen molar-refractivity contribution in [2.45, 2.75) is 13.3 Å². The zero-order valence-electron chi connectivity index (χ0n) is 10.5. The lowest BCUT2D eigenvalue weighted by molar-refractivity contribution is -0.116. The number of hydrogen-bond acceptors (Lipinski definition) is 2. The second kappa shape index (κ2) is 8.89. The van der Waals surface area contributed by atoms with E-state index >= 15 is 0 Å². The standard InChI is InChI=1S/C14H18BrNO2/c1-2-18-11-5-10-16-14(17)9-8-12-6-3-4-7-13(12)15/h3-4,6-9H,2,5,10-11H2,1H3,(H,16,17). The first-order chi connectivity index (χ1) is 8.74. The molecule has 0 bridgehead atoms. The molecule has 4 heteroatoms. The van der Waals surface area contributed by atoms with Crippen LogP contribution < -0.4 is 5.32 Å². The molecule has 3 nitrogen and oxygen atoms in total. The molecule has 1 rings (SSSR count). The molecule has 0 aromatic heterocycles. The molecule has 0 aliphatic heterocycles. The predicted molar refractivity (Wildman–Crippen MR) is 77.3 cm³/mol. The van der Waals surface area contributed by atoms with E-state index in [0.29, 0.717) is 13.2 Å². The van der Waals surface area contributed by atoms with Crippen LogP contribution in [0.2, 0.25) is 0 Å². The maximum atomic E-state index is 11.5. The minimum Gasteiger partial charge on any atom is -0.382 e. The van der Waals surface area contributed by atoms with Crippen molar-refractivity contribution in [2.75, 3.05) is 19.8 Å². The number of hydrogen-bond donors (Lipinski definition) is 1. The topological polar surface area (TPSA) is 38.3 Å². The Morgan fingerprint density at radius 2 is 2.22 bits per heavy atom. The molecule has 0 saturated carbocycles. The summed E-state index contributed by atoms with van der Waals surface area (Å²) >= 11 is 3.43. The predicted octanol–water partition coefficient (Wildman–Crippen LogP) is 3.01. The van der Waals surface area contributed by atoms with E-state index in [0.717, 1.165) is 23.1 Å². The highest BCUT2D eigenvalue weighted by atomic mass is 79.9. The molecular weight excluding hydrogens is 294 g/mol. The Hall–Kier alpha value is -1.13. The Morgan fingerprint density at radius 1 is 1.44 bits per heavy atom. The molecule has 0 radical (unpaired) electrons. The van der Waals surface area contributed by atoms with E-state index in [4.69, 9.17) is 4.74 Å². The number of ether oxygens (including phenoxy) is 1. The van der Waals surface area contributed by atoms with Gasteiger partial charge < -0.3 is 10.1 Å². The average molecular weight is 312 g/mol. The second-order valence-electron chi connectivity index (χ2n) is 3.70. The van der Waals surface area contributed by atoms with E-state index in [-0.39, 0.29) is 5.91 Å². The fraction of sp³-hybridized carbons (Fsp3) is 0.357. The number of amides is 1. The molecular formula is C14H18BrNO2. The van der Waals surface area contributed by atoms with E-state index in [1.165, 1.54) is 0 Å². The summed E-state index contributed by atoms with van der Waals surface area (Å²) in [4.78, 5) is 11.5. The minimum atomic E-state index is -0.0812. The van der Waals surface area contributed by atoms with Crippen molar-refractivity contribution < 1.29 is 9.53 Å². The van der Waals surface area contributed by atoms with Gasteiger partial charge in [0.2, 0.25) is 5.91 Å². The van der Waals surface area contributed by atoms with Crippen LogP contribution in [0, 0.1) is 0 Å². The zero-order valence-corrected chi connectivity index (χ0v) is 12.1. The highest BCUT2D eigenvalue weighted by molar-refractivity contribution is 9.10. The van der Waals surface area contributed by atoms with Crippen molar-refractivity contribution >= 4 is 27.9 Å². The van der Waals surface area contributed by atoms with Gasteiger partial charge >= 0.3 is 0 Å². The lowest BCUT2D eigenvalue weighted by Crippen LogP contribution is -2.23. The van der Waals surface area contributed by atoms with Crippen LogP contribution in [-0.4, -0.2) is 25.7 Å². The third-order valence-electron chi connectivity index (χ3n) is 2.29. The molecule has 1 aromatic carbocycles. The molecule has 1 amide bonds. The molecule has 0 heterocycles. The van der Waals surface area contributed by atoms with Gasteiger partial charge in [0, 0.05) is 30.3 Å². The van der Waals surface area contributed by atoms with Gasteiger partial charge in [0.05, 0.1) is 0 Å². The second-order valence-corrected chi connectivity index (χ2v) is 4.55. The van der Waals surface area contributed by atoms with Gasteiger partial charge in [-0.2, -0.15) is 0 Å². The Morgan fingerprint density at radius 3 is 2.94 bits per heavy atom. The van der Waals surface area contributed by atoms with Crippen LogP contribution in [0.5, 0.6) is 0 Å². The van der Waals surface area contributed by atoms with Crippen LogP contribution in [0.25, 0.3) is 6.08 Å². The quantitative estimate of drug-likeness (QED) is 0.621. The fourth-order valence-electron chi connectivity index (χ4n) is 1.36. The Labute approximate surface area is 116 Å². The van der Waals surface area contributed by atoms with Gasteiger partial charge in [0.1, 0.15) is 0 Å². The van der Waals surface area contributed by atoms with E-state index in [9.17, 15) is 4.79 Å². The maximum Gasteiger partial charge on any atom is 0.244 e. The lowest BCUT2D eigenvalue weighted by atomic mass is 10.2. The third-order valence-corrected chi connectivity index (χ3v) is 3.01. The molecule has 0 spiro atoms. The van der Waals surface area contributed by atoms with Crippen molar-refractivity contribution in [1.29, 1.82) is 0 Å². The summed E-state index contributed by atoms with van der Waals surface area (Å²) in [5.41, 5.74) is 0.988. The Bertz CT molecular complexity index is 405. The molecule has 18 heavy (non-hydrogen) atoms. The normalized spacial score (nSPS) is 10.8. The van der Waals surface area contributed by atoms with Crippen molar-refractivity contribution in [1.82, 2.24) is 5.32 Å². The van der Waals surface area contributed by atoms with Crippen molar-refractivity contribution in [3.63, 3.8) is 0 Å². The van der Waals surface area contributed by atoms with Gasteiger partial charge in [-0.15, -0.1) is 0 Å². The van der Waals surface area contributed by atoms with Gasteiger partial charge in [0.25, 0.3) is 0 Å². The first kappa shape index (κ1) is 14.9. The number of carbonyl (C=O) groups excluding carboxylic acids is 1. The highest BCUT2D eigenvalue weighted by Crippen LogP contribution is 2.16. The van der Waals surface area contributed by atoms with E-state index < -0.39 is 0 Å². The molecule has 0 unspecified atom stereocenters. The van der Waals surface area contributed by atoms with Crippen LogP contribution in [0.1, 0.15) is 18.9 Å². The van der Waals surface area contributed by atoms with E-state index in [1.54, 1.807) is 12.2 Å². The molecule has 1 aromatic rings. The SMILES string of the molecule is CCOCCCNC(=O)C=Cc1ccccc1Br. The monoisotopic (exact) mass is 311 g/mol. The van der Waals surface area contributed by atoms with E-state index in [1.807, 2.05) is 31.2 Å². The fourth-order valence-corrected chi connectivity index (χ4v) is 1.78. The van der Waals surface area contributed by atoms with Crippen molar-refractivity contribution in [3.05, 3.63) is 40.4 Å². The number of nitrogens with one attached hydrogen (secondary N) is 1. The van der Waals surface area contributed by atoms with Crippen LogP contribution in [0.3, 0.4) is 0 Å². The lowest BCUT2D eigenvalue weighted by Gasteiger charge is -2.02. The number of benzene rings is 1.